The second-order valence-corrected chi connectivity index (χ2v) is 7.52. The standard InChI is InChI=1S/C22H28N8O/c1-6-14(3)30-21-18(24-12-19-25-13-29(5)28-19)11-17(26-20(21)15(4)27-30)16-9-8-10-23-22(16)31-7-2/h8-11,13-14H,6-7,12H2,1-5H3,(H,24,26)/t14-/m1/s1. The van der Waals surface area contributed by atoms with Crippen LogP contribution >= 0.6 is 0 Å². The molecule has 0 saturated heterocycles. The highest BCUT2D eigenvalue weighted by Gasteiger charge is 2.20. The van der Waals surface area contributed by atoms with E-state index in [1.54, 1.807) is 17.2 Å². The van der Waals surface area contributed by atoms with Gasteiger partial charge in [0.2, 0.25) is 5.88 Å². The fourth-order valence-corrected chi connectivity index (χ4v) is 3.52. The Labute approximate surface area is 181 Å². The maximum Gasteiger partial charge on any atom is 0.222 e. The number of fused-ring (bicyclic) bond motifs is 1. The van der Waals surface area contributed by atoms with Crippen LogP contribution in [0, 0.1) is 6.92 Å². The highest BCUT2D eigenvalue weighted by molar-refractivity contribution is 5.93. The molecule has 0 aliphatic carbocycles. The minimum atomic E-state index is 0.245. The molecule has 0 amide bonds. The molecule has 0 radical (unpaired) electrons. The fraction of sp³-hybridized carbons (Fsp3) is 0.409. The second kappa shape index (κ2) is 8.71. The Kier molecular flexibility index (Phi) is 5.83. The van der Waals surface area contributed by atoms with E-state index in [-0.39, 0.29) is 6.04 Å². The van der Waals surface area contributed by atoms with Crippen molar-refractivity contribution in [1.29, 1.82) is 0 Å². The Morgan fingerprint density at radius 3 is 2.74 bits per heavy atom. The maximum absolute atomic E-state index is 5.75. The number of rotatable bonds is 8. The molecule has 4 aromatic rings. The van der Waals surface area contributed by atoms with Crippen molar-refractivity contribution in [2.75, 3.05) is 11.9 Å². The molecule has 4 aromatic heterocycles. The van der Waals surface area contributed by atoms with E-state index in [1.165, 1.54) is 0 Å². The maximum atomic E-state index is 5.75. The molecular formula is C22H28N8O. The van der Waals surface area contributed by atoms with Crippen LogP contribution in [0.3, 0.4) is 0 Å². The number of anilines is 1. The Bertz CT molecular complexity index is 1200. The van der Waals surface area contributed by atoms with Gasteiger partial charge in [-0.3, -0.25) is 9.36 Å². The van der Waals surface area contributed by atoms with E-state index in [9.17, 15) is 0 Å². The lowest BCUT2D eigenvalue weighted by atomic mass is 10.1. The van der Waals surface area contributed by atoms with Crippen LogP contribution in [0.15, 0.2) is 30.7 Å². The topological polar surface area (TPSA) is 95.6 Å². The Balaban J connectivity index is 1.87. The molecule has 1 atom stereocenters. The van der Waals surface area contributed by atoms with Gasteiger partial charge in [0.15, 0.2) is 5.82 Å². The first-order chi connectivity index (χ1) is 15.0. The van der Waals surface area contributed by atoms with Gasteiger partial charge in [-0.25, -0.2) is 15.0 Å². The number of hydrogen-bond donors (Lipinski definition) is 1. The van der Waals surface area contributed by atoms with Gasteiger partial charge in [-0.05, 0) is 45.4 Å². The summed E-state index contributed by atoms with van der Waals surface area (Å²) in [6.45, 7) is 9.29. The summed E-state index contributed by atoms with van der Waals surface area (Å²) >= 11 is 0. The van der Waals surface area contributed by atoms with Gasteiger partial charge in [-0.1, -0.05) is 6.92 Å². The lowest BCUT2D eigenvalue weighted by Crippen LogP contribution is -2.09. The summed E-state index contributed by atoms with van der Waals surface area (Å²) in [5.74, 6) is 1.29. The molecule has 1 N–H and O–H groups in total. The van der Waals surface area contributed by atoms with Crippen molar-refractivity contribution in [2.45, 2.75) is 46.7 Å². The Hall–Kier alpha value is -3.49. The van der Waals surface area contributed by atoms with Crippen molar-refractivity contribution in [1.82, 2.24) is 34.5 Å². The molecule has 0 aliphatic rings. The summed E-state index contributed by atoms with van der Waals surface area (Å²) in [6, 6.07) is 6.15. The molecule has 31 heavy (non-hydrogen) atoms. The summed E-state index contributed by atoms with van der Waals surface area (Å²) in [6.07, 6.45) is 4.39. The molecule has 0 unspecified atom stereocenters. The summed E-state index contributed by atoms with van der Waals surface area (Å²) < 4.78 is 9.51. The van der Waals surface area contributed by atoms with E-state index in [0.29, 0.717) is 19.0 Å². The molecule has 0 aliphatic heterocycles. The van der Waals surface area contributed by atoms with Crippen LogP contribution in [0.1, 0.15) is 44.8 Å². The van der Waals surface area contributed by atoms with Crippen molar-refractivity contribution in [3.63, 3.8) is 0 Å². The molecule has 0 bridgehead atoms. The van der Waals surface area contributed by atoms with Gasteiger partial charge in [0, 0.05) is 19.3 Å². The smallest absolute Gasteiger partial charge is 0.222 e. The first-order valence-electron chi connectivity index (χ1n) is 10.6. The molecule has 162 valence electrons. The van der Waals surface area contributed by atoms with Crippen molar-refractivity contribution in [3.05, 3.63) is 42.2 Å². The van der Waals surface area contributed by atoms with Crippen molar-refractivity contribution < 1.29 is 4.74 Å². The van der Waals surface area contributed by atoms with E-state index < -0.39 is 0 Å². The fourth-order valence-electron chi connectivity index (χ4n) is 3.52. The normalized spacial score (nSPS) is 12.3. The molecule has 0 spiro atoms. The minimum absolute atomic E-state index is 0.245. The SMILES string of the molecule is CCOc1ncccc1-c1cc(NCc2ncn(C)n2)c2c(n1)c(C)nn2[C@H](C)CC. The van der Waals surface area contributed by atoms with Crippen LogP contribution in [0.4, 0.5) is 5.69 Å². The third-order valence-corrected chi connectivity index (χ3v) is 5.24. The van der Waals surface area contributed by atoms with Gasteiger partial charge in [-0.15, -0.1) is 0 Å². The molecule has 4 rings (SSSR count). The average molecular weight is 421 g/mol. The highest BCUT2D eigenvalue weighted by atomic mass is 16.5. The zero-order chi connectivity index (χ0) is 22.0. The summed E-state index contributed by atoms with van der Waals surface area (Å²) in [5, 5.41) is 12.7. The molecule has 0 fully saturated rings. The molecule has 9 nitrogen and oxygen atoms in total. The van der Waals surface area contributed by atoms with Crippen LogP contribution in [-0.4, -0.2) is 41.1 Å². The summed E-state index contributed by atoms with van der Waals surface area (Å²) in [4.78, 5) is 13.7. The zero-order valence-corrected chi connectivity index (χ0v) is 18.6. The number of ether oxygens (including phenoxy) is 1. The largest absolute Gasteiger partial charge is 0.477 e. The lowest BCUT2D eigenvalue weighted by molar-refractivity contribution is 0.328. The van der Waals surface area contributed by atoms with E-state index in [4.69, 9.17) is 14.8 Å². The first-order valence-corrected chi connectivity index (χ1v) is 10.6. The van der Waals surface area contributed by atoms with Crippen molar-refractivity contribution in [3.8, 4) is 17.1 Å². The van der Waals surface area contributed by atoms with Crippen molar-refractivity contribution >= 4 is 16.7 Å². The van der Waals surface area contributed by atoms with Gasteiger partial charge >= 0.3 is 0 Å². The lowest BCUT2D eigenvalue weighted by Gasteiger charge is -2.15. The first kappa shape index (κ1) is 20.8. The third kappa shape index (κ3) is 4.08. The molecular weight excluding hydrogens is 392 g/mol. The number of aryl methyl sites for hydroxylation is 2. The van der Waals surface area contributed by atoms with Gasteiger partial charge in [0.1, 0.15) is 17.4 Å². The minimum Gasteiger partial charge on any atom is -0.477 e. The van der Waals surface area contributed by atoms with Crippen LogP contribution in [-0.2, 0) is 13.6 Å². The number of pyridine rings is 2. The zero-order valence-electron chi connectivity index (χ0n) is 18.6. The Morgan fingerprint density at radius 1 is 1.19 bits per heavy atom. The van der Waals surface area contributed by atoms with Gasteiger partial charge < -0.3 is 10.1 Å². The van der Waals surface area contributed by atoms with Crippen LogP contribution < -0.4 is 10.1 Å². The Morgan fingerprint density at radius 2 is 2.03 bits per heavy atom. The van der Waals surface area contributed by atoms with Gasteiger partial charge in [-0.2, -0.15) is 10.2 Å². The number of nitrogens with one attached hydrogen (secondary N) is 1. The molecule has 4 heterocycles. The van der Waals surface area contributed by atoms with Crippen LogP contribution in [0.2, 0.25) is 0 Å². The van der Waals surface area contributed by atoms with E-state index in [2.05, 4.69) is 38.9 Å². The number of nitrogens with zero attached hydrogens (tertiary/aromatic N) is 7. The van der Waals surface area contributed by atoms with E-state index in [1.807, 2.05) is 39.1 Å². The molecule has 0 aromatic carbocycles. The van der Waals surface area contributed by atoms with Crippen molar-refractivity contribution in [2.24, 2.45) is 7.05 Å². The van der Waals surface area contributed by atoms with Gasteiger partial charge in [0.25, 0.3) is 0 Å². The summed E-state index contributed by atoms with van der Waals surface area (Å²) in [7, 11) is 1.86. The summed E-state index contributed by atoms with van der Waals surface area (Å²) in [5.41, 5.74) is 5.29. The quantitative estimate of drug-likeness (QED) is 0.462. The van der Waals surface area contributed by atoms with Gasteiger partial charge in [0.05, 0.1) is 35.8 Å². The number of hydrogen-bond acceptors (Lipinski definition) is 7. The van der Waals surface area contributed by atoms with Crippen LogP contribution in [0.5, 0.6) is 5.88 Å². The predicted molar refractivity (Wildman–Crippen MR) is 120 cm³/mol. The number of aromatic nitrogens is 7. The predicted octanol–water partition coefficient (Wildman–Crippen LogP) is 3.91. The third-order valence-electron chi connectivity index (χ3n) is 5.24. The van der Waals surface area contributed by atoms with E-state index >= 15 is 0 Å². The second-order valence-electron chi connectivity index (χ2n) is 7.52. The molecule has 0 saturated carbocycles. The molecule has 9 heteroatoms. The average Bonchev–Trinajstić information content (AvgIpc) is 3.35. The highest BCUT2D eigenvalue weighted by Crippen LogP contribution is 2.35. The monoisotopic (exact) mass is 420 g/mol. The van der Waals surface area contributed by atoms with Crippen LogP contribution in [0.25, 0.3) is 22.3 Å². The van der Waals surface area contributed by atoms with E-state index in [0.717, 1.165) is 45.9 Å².